The average Bonchev–Trinajstić information content (AvgIpc) is 2.45. The van der Waals surface area contributed by atoms with E-state index < -0.39 is 11.5 Å². The van der Waals surface area contributed by atoms with E-state index in [4.69, 9.17) is 0 Å². The lowest BCUT2D eigenvalue weighted by molar-refractivity contribution is -0.148. The highest BCUT2D eigenvalue weighted by molar-refractivity contribution is 7.98. The van der Waals surface area contributed by atoms with E-state index >= 15 is 0 Å². The van der Waals surface area contributed by atoms with Crippen molar-refractivity contribution in [3.8, 4) is 0 Å². The number of benzene rings is 1. The van der Waals surface area contributed by atoms with Gasteiger partial charge in [-0.2, -0.15) is 11.8 Å². The van der Waals surface area contributed by atoms with Gasteiger partial charge in [0.05, 0.1) is 0 Å². The van der Waals surface area contributed by atoms with E-state index in [2.05, 4.69) is 5.32 Å². The third-order valence-corrected chi connectivity index (χ3v) is 3.96. The van der Waals surface area contributed by atoms with E-state index in [-0.39, 0.29) is 5.91 Å². The zero-order valence-corrected chi connectivity index (χ0v) is 12.7. The van der Waals surface area contributed by atoms with Crippen molar-refractivity contribution < 1.29 is 14.7 Å². The Hall–Kier alpha value is -1.49. The van der Waals surface area contributed by atoms with Crippen LogP contribution in [-0.2, 0) is 15.1 Å². The van der Waals surface area contributed by atoms with E-state index in [1.54, 1.807) is 43.0 Å². The van der Waals surface area contributed by atoms with Crippen LogP contribution in [0.1, 0.15) is 31.7 Å². The first-order valence-electron chi connectivity index (χ1n) is 6.65. The van der Waals surface area contributed by atoms with Gasteiger partial charge in [0, 0.05) is 6.42 Å². The molecule has 2 N–H and O–H groups in total. The Labute approximate surface area is 124 Å². The lowest BCUT2D eigenvalue weighted by atomic mass is 9.87. The van der Waals surface area contributed by atoms with Crippen LogP contribution in [0.25, 0.3) is 0 Å². The highest BCUT2D eigenvalue weighted by Gasteiger charge is 2.39. The fraction of sp³-hybridized carbons (Fsp3) is 0.467. The van der Waals surface area contributed by atoms with Crippen molar-refractivity contribution in [2.24, 2.45) is 0 Å². The molecule has 0 aliphatic carbocycles. The second-order valence-electron chi connectivity index (χ2n) is 4.57. The largest absolute Gasteiger partial charge is 0.479 e. The number of carboxylic acid groups (broad SMARTS) is 1. The zero-order chi connectivity index (χ0) is 15.0. The molecule has 0 aliphatic heterocycles. The van der Waals surface area contributed by atoms with Gasteiger partial charge in [0.1, 0.15) is 0 Å². The SMILES string of the molecule is CCC(NC(=O)CCCSC)(C(=O)O)c1ccccc1. The molecular formula is C15H21NO3S. The molecule has 0 aromatic heterocycles. The number of nitrogens with one attached hydrogen (secondary N) is 1. The van der Waals surface area contributed by atoms with E-state index in [0.29, 0.717) is 18.4 Å². The molecule has 20 heavy (non-hydrogen) atoms. The third-order valence-electron chi connectivity index (χ3n) is 3.27. The molecule has 1 atom stereocenters. The molecular weight excluding hydrogens is 274 g/mol. The fourth-order valence-corrected chi connectivity index (χ4v) is 2.53. The molecule has 0 heterocycles. The number of amides is 1. The van der Waals surface area contributed by atoms with Crippen LogP contribution >= 0.6 is 11.8 Å². The summed E-state index contributed by atoms with van der Waals surface area (Å²) in [6.45, 7) is 1.77. The topological polar surface area (TPSA) is 66.4 Å². The summed E-state index contributed by atoms with van der Waals surface area (Å²) in [6, 6.07) is 8.86. The van der Waals surface area contributed by atoms with Gasteiger partial charge in [-0.25, -0.2) is 4.79 Å². The van der Waals surface area contributed by atoms with Gasteiger partial charge in [-0.15, -0.1) is 0 Å². The normalized spacial score (nSPS) is 13.5. The van der Waals surface area contributed by atoms with Gasteiger partial charge in [-0.3, -0.25) is 4.79 Å². The standard InChI is InChI=1S/C15H21NO3S/c1-3-15(14(18)19,12-8-5-4-6-9-12)16-13(17)10-7-11-20-2/h4-6,8-9H,3,7,10-11H2,1-2H3,(H,16,17)(H,18,19). The minimum absolute atomic E-state index is 0.216. The second kappa shape index (κ2) is 7.94. The van der Waals surface area contributed by atoms with Crippen LogP contribution in [0, 0.1) is 0 Å². The molecule has 0 aliphatic rings. The van der Waals surface area contributed by atoms with Crippen LogP contribution < -0.4 is 5.32 Å². The molecule has 0 fully saturated rings. The van der Waals surface area contributed by atoms with Crippen LogP contribution in [0.4, 0.5) is 0 Å². The summed E-state index contributed by atoms with van der Waals surface area (Å²) < 4.78 is 0. The van der Waals surface area contributed by atoms with Gasteiger partial charge >= 0.3 is 5.97 Å². The van der Waals surface area contributed by atoms with E-state index in [1.165, 1.54) is 0 Å². The predicted molar refractivity (Wildman–Crippen MR) is 81.8 cm³/mol. The van der Waals surface area contributed by atoms with Crippen molar-refractivity contribution in [2.45, 2.75) is 31.7 Å². The molecule has 0 saturated carbocycles. The quantitative estimate of drug-likeness (QED) is 0.724. The summed E-state index contributed by atoms with van der Waals surface area (Å²) in [5, 5.41) is 12.3. The summed E-state index contributed by atoms with van der Waals surface area (Å²) in [6.07, 6.45) is 3.39. The Kier molecular flexibility index (Phi) is 6.58. The van der Waals surface area contributed by atoms with Crippen molar-refractivity contribution in [1.82, 2.24) is 5.32 Å². The fourth-order valence-electron chi connectivity index (χ4n) is 2.09. The Bertz CT molecular complexity index is 450. The first-order chi connectivity index (χ1) is 9.56. The first kappa shape index (κ1) is 16.6. The third kappa shape index (κ3) is 4.00. The molecule has 0 saturated heterocycles. The molecule has 0 bridgehead atoms. The van der Waals surface area contributed by atoms with Crippen molar-refractivity contribution in [1.29, 1.82) is 0 Å². The molecule has 1 unspecified atom stereocenters. The number of carbonyl (C=O) groups is 2. The smallest absolute Gasteiger partial charge is 0.334 e. The Morgan fingerprint density at radius 1 is 1.30 bits per heavy atom. The molecule has 1 aromatic carbocycles. The van der Waals surface area contributed by atoms with Gasteiger partial charge in [0.2, 0.25) is 5.91 Å². The van der Waals surface area contributed by atoms with E-state index in [9.17, 15) is 14.7 Å². The van der Waals surface area contributed by atoms with Crippen molar-refractivity contribution in [3.63, 3.8) is 0 Å². The monoisotopic (exact) mass is 295 g/mol. The zero-order valence-electron chi connectivity index (χ0n) is 11.9. The number of aliphatic carboxylic acids is 1. The average molecular weight is 295 g/mol. The lowest BCUT2D eigenvalue weighted by Crippen LogP contribution is -2.51. The molecule has 1 aromatic rings. The van der Waals surface area contributed by atoms with Crippen LogP contribution in [0.2, 0.25) is 0 Å². The number of carboxylic acids is 1. The molecule has 0 spiro atoms. The molecule has 5 heteroatoms. The maximum atomic E-state index is 12.0. The number of thioether (sulfide) groups is 1. The molecule has 1 amide bonds. The van der Waals surface area contributed by atoms with Crippen LogP contribution in [0.3, 0.4) is 0 Å². The summed E-state index contributed by atoms with van der Waals surface area (Å²) in [7, 11) is 0. The van der Waals surface area contributed by atoms with E-state index in [0.717, 1.165) is 12.2 Å². The Morgan fingerprint density at radius 3 is 2.45 bits per heavy atom. The highest BCUT2D eigenvalue weighted by atomic mass is 32.2. The first-order valence-corrected chi connectivity index (χ1v) is 8.05. The Morgan fingerprint density at radius 2 is 1.95 bits per heavy atom. The van der Waals surface area contributed by atoms with Crippen molar-refractivity contribution in [2.75, 3.05) is 12.0 Å². The number of hydrogen-bond acceptors (Lipinski definition) is 3. The minimum atomic E-state index is -1.34. The number of carbonyl (C=O) groups excluding carboxylic acids is 1. The van der Waals surface area contributed by atoms with Gasteiger partial charge in [-0.05, 0) is 30.4 Å². The van der Waals surface area contributed by atoms with Gasteiger partial charge in [-0.1, -0.05) is 37.3 Å². The Balaban J connectivity index is 2.90. The van der Waals surface area contributed by atoms with Crippen molar-refractivity contribution in [3.05, 3.63) is 35.9 Å². The second-order valence-corrected chi connectivity index (χ2v) is 5.56. The maximum absolute atomic E-state index is 12.0. The van der Waals surface area contributed by atoms with Gasteiger partial charge in [0.25, 0.3) is 0 Å². The van der Waals surface area contributed by atoms with Crippen LogP contribution in [-0.4, -0.2) is 29.0 Å². The summed E-state index contributed by atoms with van der Waals surface area (Å²) in [5.74, 6) is -0.345. The molecule has 4 nitrogen and oxygen atoms in total. The summed E-state index contributed by atoms with van der Waals surface area (Å²) in [4.78, 5) is 23.7. The van der Waals surface area contributed by atoms with Crippen LogP contribution in [0.5, 0.6) is 0 Å². The van der Waals surface area contributed by atoms with Crippen molar-refractivity contribution >= 4 is 23.6 Å². The van der Waals surface area contributed by atoms with Gasteiger partial charge in [0.15, 0.2) is 5.54 Å². The molecule has 110 valence electrons. The minimum Gasteiger partial charge on any atom is -0.479 e. The highest BCUT2D eigenvalue weighted by Crippen LogP contribution is 2.25. The van der Waals surface area contributed by atoms with Crippen LogP contribution in [0.15, 0.2) is 30.3 Å². The number of rotatable bonds is 8. The van der Waals surface area contributed by atoms with E-state index in [1.807, 2.05) is 12.3 Å². The molecule has 0 radical (unpaired) electrons. The predicted octanol–water partition coefficient (Wildman–Crippen LogP) is 2.64. The maximum Gasteiger partial charge on any atom is 0.334 e. The summed E-state index contributed by atoms with van der Waals surface area (Å²) in [5.41, 5.74) is -0.731. The molecule has 1 rings (SSSR count). The number of hydrogen-bond donors (Lipinski definition) is 2. The summed E-state index contributed by atoms with van der Waals surface area (Å²) >= 11 is 1.67. The lowest BCUT2D eigenvalue weighted by Gasteiger charge is -2.30. The van der Waals surface area contributed by atoms with Gasteiger partial charge < -0.3 is 10.4 Å².